The molecule has 2 unspecified atom stereocenters. The van der Waals surface area contributed by atoms with Gasteiger partial charge < -0.3 is 9.64 Å². The SMILES string of the molecule is CCOC(C)(Cc1ccc(C(=O)C(C)Cn2ncc3cc(Cl)ccc3c2=O)cc1)C(=O)N1CCCCC1. The summed E-state index contributed by atoms with van der Waals surface area (Å²) in [6.07, 6.45) is 5.23. The van der Waals surface area contributed by atoms with Crippen LogP contribution in [-0.4, -0.2) is 51.7 Å². The molecule has 1 fully saturated rings. The second kappa shape index (κ2) is 11.6. The number of benzene rings is 2. The Morgan fingerprint density at radius 2 is 1.81 bits per heavy atom. The van der Waals surface area contributed by atoms with Gasteiger partial charge in [-0.25, -0.2) is 4.68 Å². The Morgan fingerprint density at radius 3 is 2.49 bits per heavy atom. The first-order valence-electron chi connectivity index (χ1n) is 12.9. The van der Waals surface area contributed by atoms with Crippen molar-refractivity contribution < 1.29 is 14.3 Å². The maximum absolute atomic E-state index is 13.3. The van der Waals surface area contributed by atoms with Crippen molar-refractivity contribution in [2.75, 3.05) is 19.7 Å². The molecule has 3 aromatic rings. The zero-order valence-corrected chi connectivity index (χ0v) is 22.5. The normalized spacial score (nSPS) is 16.4. The average Bonchev–Trinajstić information content (AvgIpc) is 2.90. The number of carbonyl (C=O) groups is 2. The topological polar surface area (TPSA) is 81.5 Å². The van der Waals surface area contributed by atoms with Crippen LogP contribution in [0, 0.1) is 5.92 Å². The molecule has 1 saturated heterocycles. The first-order valence-corrected chi connectivity index (χ1v) is 13.3. The number of hydrogen-bond donors (Lipinski definition) is 0. The summed E-state index contributed by atoms with van der Waals surface area (Å²) in [4.78, 5) is 41.2. The van der Waals surface area contributed by atoms with Crippen LogP contribution in [0.5, 0.6) is 0 Å². The molecule has 2 aromatic carbocycles. The minimum atomic E-state index is -0.946. The van der Waals surface area contributed by atoms with E-state index in [4.69, 9.17) is 16.3 Å². The van der Waals surface area contributed by atoms with Crippen LogP contribution in [0.25, 0.3) is 10.8 Å². The molecule has 8 heteroatoms. The van der Waals surface area contributed by atoms with Crippen LogP contribution in [0.4, 0.5) is 0 Å². The lowest BCUT2D eigenvalue weighted by atomic mass is 9.91. The Labute approximate surface area is 222 Å². The van der Waals surface area contributed by atoms with E-state index in [0.29, 0.717) is 34.4 Å². The summed E-state index contributed by atoms with van der Waals surface area (Å²) in [6, 6.07) is 12.4. The fraction of sp³-hybridized carbons (Fsp3) is 0.448. The number of hydrogen-bond acceptors (Lipinski definition) is 5. The molecule has 196 valence electrons. The lowest BCUT2D eigenvalue weighted by molar-refractivity contribution is -0.156. The van der Waals surface area contributed by atoms with Crippen LogP contribution < -0.4 is 5.56 Å². The Kier molecular flexibility index (Phi) is 8.45. The Balaban J connectivity index is 1.45. The molecule has 1 amide bonds. The smallest absolute Gasteiger partial charge is 0.274 e. The van der Waals surface area contributed by atoms with E-state index in [1.807, 2.05) is 30.9 Å². The Morgan fingerprint density at radius 1 is 1.11 bits per heavy atom. The summed E-state index contributed by atoms with van der Waals surface area (Å²) in [5.41, 5.74) is 0.282. The predicted octanol–water partition coefficient (Wildman–Crippen LogP) is 4.92. The maximum atomic E-state index is 13.3. The van der Waals surface area contributed by atoms with Crippen LogP contribution >= 0.6 is 11.6 Å². The number of Topliss-reactive ketones (excluding diaryl/α,β-unsaturated/α-hetero) is 1. The van der Waals surface area contributed by atoms with Gasteiger partial charge in [0.15, 0.2) is 5.78 Å². The molecule has 0 saturated carbocycles. The molecule has 2 heterocycles. The van der Waals surface area contributed by atoms with Crippen molar-refractivity contribution in [1.29, 1.82) is 0 Å². The van der Waals surface area contributed by atoms with E-state index in [0.717, 1.165) is 37.9 Å². The monoisotopic (exact) mass is 523 g/mol. The van der Waals surface area contributed by atoms with Crippen molar-refractivity contribution in [2.24, 2.45) is 5.92 Å². The molecule has 1 aromatic heterocycles. The summed E-state index contributed by atoms with van der Waals surface area (Å²) in [5.74, 6) is -0.498. The Bertz CT molecular complexity index is 1330. The van der Waals surface area contributed by atoms with E-state index in [9.17, 15) is 14.4 Å². The van der Waals surface area contributed by atoms with Crippen LogP contribution in [-0.2, 0) is 22.5 Å². The molecule has 0 spiro atoms. The maximum Gasteiger partial charge on any atom is 0.274 e. The number of piperidine rings is 1. The van der Waals surface area contributed by atoms with E-state index >= 15 is 0 Å². The zero-order valence-electron chi connectivity index (χ0n) is 21.7. The van der Waals surface area contributed by atoms with Crippen LogP contribution in [0.3, 0.4) is 0 Å². The van der Waals surface area contributed by atoms with Crippen molar-refractivity contribution in [2.45, 2.75) is 58.6 Å². The Hall–Kier alpha value is -3.03. The van der Waals surface area contributed by atoms with Gasteiger partial charge in [-0.2, -0.15) is 5.10 Å². The van der Waals surface area contributed by atoms with E-state index in [2.05, 4.69) is 5.10 Å². The summed E-state index contributed by atoms with van der Waals surface area (Å²) < 4.78 is 7.30. The quantitative estimate of drug-likeness (QED) is 0.372. The third kappa shape index (κ3) is 6.11. The van der Waals surface area contributed by atoms with Gasteiger partial charge in [0.2, 0.25) is 0 Å². The van der Waals surface area contributed by atoms with Crippen molar-refractivity contribution in [1.82, 2.24) is 14.7 Å². The minimum Gasteiger partial charge on any atom is -0.365 e. The van der Waals surface area contributed by atoms with Gasteiger partial charge in [-0.15, -0.1) is 0 Å². The number of nitrogens with zero attached hydrogens (tertiary/aromatic N) is 3. The van der Waals surface area contributed by atoms with E-state index in [1.165, 1.54) is 4.68 Å². The lowest BCUT2D eigenvalue weighted by Gasteiger charge is -2.36. The molecule has 0 bridgehead atoms. The average molecular weight is 524 g/mol. The molecule has 0 N–H and O–H groups in total. The van der Waals surface area contributed by atoms with Gasteiger partial charge in [0.25, 0.3) is 11.5 Å². The number of rotatable bonds is 9. The van der Waals surface area contributed by atoms with Gasteiger partial charge in [0.1, 0.15) is 5.60 Å². The molecule has 4 rings (SSSR count). The highest BCUT2D eigenvalue weighted by molar-refractivity contribution is 6.31. The van der Waals surface area contributed by atoms with E-state index in [1.54, 1.807) is 43.5 Å². The number of carbonyl (C=O) groups excluding carboxylic acids is 2. The standard InChI is InChI=1S/C29H34ClN3O4/c1-4-37-29(3,28(36)32-14-6-5-7-15-32)17-21-8-10-22(11-9-21)26(34)20(2)19-33-27(35)25-13-12-24(30)16-23(25)18-31-33/h8-13,16,18,20H,4-7,14-15,17,19H2,1-3H3. The van der Waals surface area contributed by atoms with Gasteiger partial charge in [0.05, 0.1) is 18.1 Å². The van der Waals surface area contributed by atoms with E-state index in [-0.39, 0.29) is 23.8 Å². The highest BCUT2D eigenvalue weighted by Gasteiger charge is 2.38. The van der Waals surface area contributed by atoms with Crippen LogP contribution in [0.15, 0.2) is 53.5 Å². The van der Waals surface area contributed by atoms with Gasteiger partial charge >= 0.3 is 0 Å². The molecular weight excluding hydrogens is 490 g/mol. The van der Waals surface area contributed by atoms with Crippen LogP contribution in [0.1, 0.15) is 56.0 Å². The second-order valence-electron chi connectivity index (χ2n) is 10.0. The number of ether oxygens (including phenoxy) is 1. The van der Waals surface area contributed by atoms with Crippen molar-refractivity contribution in [3.63, 3.8) is 0 Å². The fourth-order valence-electron chi connectivity index (χ4n) is 5.03. The first kappa shape index (κ1) is 27.0. The second-order valence-corrected chi connectivity index (χ2v) is 10.5. The fourth-order valence-corrected chi connectivity index (χ4v) is 5.21. The molecule has 0 aliphatic carbocycles. The zero-order chi connectivity index (χ0) is 26.6. The summed E-state index contributed by atoms with van der Waals surface area (Å²) >= 11 is 6.01. The first-order chi connectivity index (χ1) is 17.7. The molecule has 0 radical (unpaired) electrons. The molecule has 2 atom stereocenters. The van der Waals surface area contributed by atoms with Gasteiger partial charge in [-0.05, 0) is 56.9 Å². The molecule has 7 nitrogen and oxygen atoms in total. The highest BCUT2D eigenvalue weighted by atomic mass is 35.5. The molecule has 1 aliphatic rings. The van der Waals surface area contributed by atoms with Crippen LogP contribution in [0.2, 0.25) is 5.02 Å². The van der Waals surface area contributed by atoms with E-state index < -0.39 is 11.5 Å². The number of amides is 1. The molecular formula is C29H34ClN3O4. The van der Waals surface area contributed by atoms with Gasteiger partial charge in [-0.3, -0.25) is 14.4 Å². The van der Waals surface area contributed by atoms with Crippen molar-refractivity contribution in [3.8, 4) is 0 Å². The lowest BCUT2D eigenvalue weighted by Crippen LogP contribution is -2.51. The minimum absolute atomic E-state index is 0.0263. The molecule has 37 heavy (non-hydrogen) atoms. The number of halogens is 1. The number of ketones is 1. The summed E-state index contributed by atoms with van der Waals surface area (Å²) in [6.45, 7) is 7.71. The summed E-state index contributed by atoms with van der Waals surface area (Å²) in [7, 11) is 0. The molecule has 1 aliphatic heterocycles. The highest BCUT2D eigenvalue weighted by Crippen LogP contribution is 2.24. The van der Waals surface area contributed by atoms with Crippen molar-refractivity contribution in [3.05, 3.63) is 75.2 Å². The number of aromatic nitrogens is 2. The van der Waals surface area contributed by atoms with Crippen molar-refractivity contribution >= 4 is 34.1 Å². The predicted molar refractivity (Wildman–Crippen MR) is 145 cm³/mol. The van der Waals surface area contributed by atoms with Gasteiger partial charge in [0, 0.05) is 48.0 Å². The number of fused-ring (bicyclic) bond motifs is 1. The van der Waals surface area contributed by atoms with Gasteiger partial charge in [-0.1, -0.05) is 42.8 Å². The third-order valence-electron chi connectivity index (χ3n) is 7.05. The third-order valence-corrected chi connectivity index (χ3v) is 7.28. The summed E-state index contributed by atoms with van der Waals surface area (Å²) in [5, 5.41) is 5.95. The largest absolute Gasteiger partial charge is 0.365 e. The number of likely N-dealkylation sites (tertiary alicyclic amines) is 1.